The zero-order valence-electron chi connectivity index (χ0n) is 19.5. The van der Waals surface area contributed by atoms with Crippen LogP contribution in [-0.4, -0.2) is 65.7 Å². The lowest BCUT2D eigenvalue weighted by Crippen LogP contribution is -2.38. The van der Waals surface area contributed by atoms with Gasteiger partial charge in [0.05, 0.1) is 4.90 Å². The first-order chi connectivity index (χ1) is 15.8. The van der Waals surface area contributed by atoms with Gasteiger partial charge in [0.2, 0.25) is 10.0 Å². The fourth-order valence-corrected chi connectivity index (χ4v) is 4.53. The molecular weight excluding hydrogens is 442 g/mol. The van der Waals surface area contributed by atoms with Gasteiger partial charge in [-0.15, -0.1) is 0 Å². The van der Waals surface area contributed by atoms with E-state index in [4.69, 9.17) is 9.47 Å². The molecule has 1 heterocycles. The van der Waals surface area contributed by atoms with Crippen LogP contribution in [0.2, 0.25) is 0 Å². The van der Waals surface area contributed by atoms with Gasteiger partial charge in [-0.2, -0.15) is 0 Å². The van der Waals surface area contributed by atoms with Gasteiger partial charge in [-0.3, -0.25) is 9.69 Å². The molecule has 1 aliphatic rings. The van der Waals surface area contributed by atoms with Crippen molar-refractivity contribution in [3.8, 4) is 5.75 Å². The van der Waals surface area contributed by atoms with E-state index in [-0.39, 0.29) is 10.8 Å². The molecule has 33 heavy (non-hydrogen) atoms. The molecule has 0 atom stereocenters. The smallest absolute Gasteiger partial charge is 0.251 e. The Bertz CT molecular complexity index is 1050. The third-order valence-corrected chi connectivity index (χ3v) is 7.32. The number of ether oxygens (including phenoxy) is 2. The molecule has 0 radical (unpaired) electrons. The van der Waals surface area contributed by atoms with Crippen molar-refractivity contribution in [2.24, 2.45) is 0 Å². The Hall–Kier alpha value is -2.46. The van der Waals surface area contributed by atoms with Gasteiger partial charge < -0.3 is 14.8 Å². The van der Waals surface area contributed by atoms with Gasteiger partial charge in [0, 0.05) is 37.9 Å². The summed E-state index contributed by atoms with van der Waals surface area (Å²) in [7, 11) is -0.167. The quantitative estimate of drug-likeness (QED) is 0.548. The molecule has 0 saturated carbocycles. The first-order valence-corrected chi connectivity index (χ1v) is 12.6. The zero-order valence-corrected chi connectivity index (χ0v) is 20.3. The number of rotatable bonds is 10. The van der Waals surface area contributed by atoms with Crippen LogP contribution in [0, 0.1) is 6.92 Å². The molecule has 0 unspecified atom stereocenters. The molecule has 180 valence electrons. The highest BCUT2D eigenvalue weighted by molar-refractivity contribution is 7.89. The Kier molecular flexibility index (Phi) is 8.85. The Morgan fingerprint density at radius 2 is 1.94 bits per heavy atom. The molecule has 9 heteroatoms. The number of amides is 1. The minimum atomic E-state index is -3.62. The summed E-state index contributed by atoms with van der Waals surface area (Å²) in [6.45, 7) is 5.13. The van der Waals surface area contributed by atoms with E-state index in [0.717, 1.165) is 43.9 Å². The number of nitrogens with one attached hydrogen (secondary N) is 2. The largest absolute Gasteiger partial charge is 0.492 e. The highest BCUT2D eigenvalue weighted by atomic mass is 32.2. The summed E-state index contributed by atoms with van der Waals surface area (Å²) in [5.74, 6) is 0.422. The lowest BCUT2D eigenvalue weighted by Gasteiger charge is -2.31. The number of hydrogen-bond donors (Lipinski definition) is 2. The number of aryl methyl sites for hydroxylation is 1. The molecule has 0 aromatic heterocycles. The summed E-state index contributed by atoms with van der Waals surface area (Å²) in [5.41, 5.74) is 1.93. The highest BCUT2D eigenvalue weighted by Gasteiger charge is 2.18. The Labute approximate surface area is 196 Å². The van der Waals surface area contributed by atoms with Gasteiger partial charge in [0.15, 0.2) is 0 Å². The summed E-state index contributed by atoms with van der Waals surface area (Å²) in [4.78, 5) is 15.1. The average molecular weight is 476 g/mol. The normalized spacial score (nSPS) is 14.9. The molecule has 0 bridgehead atoms. The lowest BCUT2D eigenvalue weighted by atomic mass is 10.1. The number of carbonyl (C=O) groups is 1. The van der Waals surface area contributed by atoms with E-state index in [1.165, 1.54) is 19.2 Å². The molecule has 0 aliphatic carbocycles. The highest BCUT2D eigenvalue weighted by Crippen LogP contribution is 2.17. The van der Waals surface area contributed by atoms with Crippen LogP contribution in [0.15, 0.2) is 47.4 Å². The molecule has 1 fully saturated rings. The van der Waals surface area contributed by atoms with E-state index in [1.54, 1.807) is 13.0 Å². The Balaban J connectivity index is 1.54. The van der Waals surface area contributed by atoms with E-state index < -0.39 is 10.0 Å². The third-order valence-electron chi connectivity index (χ3n) is 5.91. The number of sulfonamides is 1. The molecular formula is C24H33N3O5S. The summed E-state index contributed by atoms with van der Waals surface area (Å²) in [6, 6.07) is 12.7. The van der Waals surface area contributed by atoms with Crippen LogP contribution in [0.5, 0.6) is 5.75 Å². The lowest BCUT2D eigenvalue weighted by molar-refractivity contribution is 0.0392. The maximum Gasteiger partial charge on any atom is 0.251 e. The van der Waals surface area contributed by atoms with Crippen molar-refractivity contribution < 1.29 is 22.7 Å². The van der Waals surface area contributed by atoms with Crippen LogP contribution in [0.3, 0.4) is 0 Å². The van der Waals surface area contributed by atoms with Crippen molar-refractivity contribution >= 4 is 15.9 Å². The van der Waals surface area contributed by atoms with Crippen LogP contribution in [0.1, 0.15) is 34.3 Å². The van der Waals surface area contributed by atoms with Crippen LogP contribution in [0.4, 0.5) is 0 Å². The second kappa shape index (κ2) is 11.6. The summed E-state index contributed by atoms with van der Waals surface area (Å²) < 4.78 is 37.7. The second-order valence-corrected chi connectivity index (χ2v) is 10.1. The van der Waals surface area contributed by atoms with E-state index in [0.29, 0.717) is 30.3 Å². The van der Waals surface area contributed by atoms with Gasteiger partial charge in [-0.1, -0.05) is 18.2 Å². The first-order valence-electron chi connectivity index (χ1n) is 11.1. The predicted octanol–water partition coefficient (Wildman–Crippen LogP) is 2.32. The first kappa shape index (κ1) is 25.2. The standard InChI is InChI=1S/C24H33N3O5S/c1-18-7-8-22(33(29,30)25-2)16-23(18)24(28)26-17-19-5-4-6-21(15-19)32-14-11-27(3)20-9-12-31-13-10-20/h4-8,15-16,20,25H,9-14,17H2,1-3H3,(H,26,28). The number of nitrogens with zero attached hydrogens (tertiary/aromatic N) is 1. The molecule has 2 N–H and O–H groups in total. The van der Waals surface area contributed by atoms with Crippen LogP contribution < -0.4 is 14.8 Å². The van der Waals surface area contributed by atoms with Crippen LogP contribution in [-0.2, 0) is 21.3 Å². The molecule has 0 spiro atoms. The van der Waals surface area contributed by atoms with Crippen molar-refractivity contribution in [2.75, 3.05) is 40.5 Å². The molecule has 1 amide bonds. The molecule has 8 nitrogen and oxygen atoms in total. The topological polar surface area (TPSA) is 97.0 Å². The molecule has 2 aromatic carbocycles. The zero-order chi connectivity index (χ0) is 23.8. The number of hydrogen-bond acceptors (Lipinski definition) is 6. The molecule has 3 rings (SSSR count). The third kappa shape index (κ3) is 7.01. The minimum Gasteiger partial charge on any atom is -0.492 e. The fourth-order valence-electron chi connectivity index (χ4n) is 3.77. The van der Waals surface area contributed by atoms with E-state index in [9.17, 15) is 13.2 Å². The maximum atomic E-state index is 12.7. The van der Waals surface area contributed by atoms with Crippen molar-refractivity contribution in [1.29, 1.82) is 0 Å². The minimum absolute atomic E-state index is 0.0573. The van der Waals surface area contributed by atoms with Gasteiger partial charge in [-0.25, -0.2) is 13.1 Å². The van der Waals surface area contributed by atoms with Crippen molar-refractivity contribution in [1.82, 2.24) is 14.9 Å². The van der Waals surface area contributed by atoms with Crippen molar-refractivity contribution in [3.05, 3.63) is 59.2 Å². The van der Waals surface area contributed by atoms with E-state index in [1.807, 2.05) is 24.3 Å². The average Bonchev–Trinajstić information content (AvgIpc) is 2.83. The van der Waals surface area contributed by atoms with Crippen LogP contribution in [0.25, 0.3) is 0 Å². The Morgan fingerprint density at radius 3 is 2.67 bits per heavy atom. The van der Waals surface area contributed by atoms with E-state index in [2.05, 4.69) is 22.0 Å². The SMILES string of the molecule is CNS(=O)(=O)c1ccc(C)c(C(=O)NCc2cccc(OCCN(C)C3CCOCC3)c2)c1. The summed E-state index contributed by atoms with van der Waals surface area (Å²) >= 11 is 0. The summed E-state index contributed by atoms with van der Waals surface area (Å²) in [5, 5.41) is 2.87. The maximum absolute atomic E-state index is 12.7. The monoisotopic (exact) mass is 475 g/mol. The van der Waals surface area contributed by atoms with Gasteiger partial charge in [0.25, 0.3) is 5.91 Å². The number of likely N-dealkylation sites (N-methyl/N-ethyl adjacent to an activating group) is 1. The molecule has 1 aliphatic heterocycles. The Morgan fingerprint density at radius 1 is 1.18 bits per heavy atom. The molecule has 2 aromatic rings. The molecule has 1 saturated heterocycles. The van der Waals surface area contributed by atoms with Crippen molar-refractivity contribution in [2.45, 2.75) is 37.2 Å². The van der Waals surface area contributed by atoms with E-state index >= 15 is 0 Å². The fraction of sp³-hybridized carbons (Fsp3) is 0.458. The van der Waals surface area contributed by atoms with Crippen LogP contribution >= 0.6 is 0 Å². The summed E-state index contributed by atoms with van der Waals surface area (Å²) in [6.07, 6.45) is 2.10. The van der Waals surface area contributed by atoms with Gasteiger partial charge in [0.1, 0.15) is 12.4 Å². The van der Waals surface area contributed by atoms with Gasteiger partial charge >= 0.3 is 0 Å². The van der Waals surface area contributed by atoms with Crippen molar-refractivity contribution in [3.63, 3.8) is 0 Å². The number of benzene rings is 2. The van der Waals surface area contributed by atoms with Gasteiger partial charge in [-0.05, 0) is 69.3 Å². The second-order valence-electron chi connectivity index (χ2n) is 8.19. The number of carbonyl (C=O) groups excluding carboxylic acids is 1. The predicted molar refractivity (Wildman–Crippen MR) is 127 cm³/mol.